The minimum atomic E-state index is -0.352. The topological polar surface area (TPSA) is 41.5 Å². The molecule has 0 amide bonds. The molecule has 2 atom stereocenters. The third kappa shape index (κ3) is 2.39. The van der Waals surface area contributed by atoms with Gasteiger partial charge in [-0.3, -0.25) is 0 Å². The van der Waals surface area contributed by atoms with E-state index in [0.717, 1.165) is 17.0 Å². The molecule has 1 aliphatic heterocycles. The van der Waals surface area contributed by atoms with Gasteiger partial charge in [-0.05, 0) is 29.2 Å². The molecule has 2 rings (SSSR count). The normalized spacial score (nSPS) is 23.8. The van der Waals surface area contributed by atoms with Crippen molar-refractivity contribution in [2.24, 2.45) is 5.41 Å². The van der Waals surface area contributed by atoms with Gasteiger partial charge in [0.1, 0.15) is 5.75 Å². The summed E-state index contributed by atoms with van der Waals surface area (Å²) in [5.41, 5.74) is 2.27. The predicted octanol–water partition coefficient (Wildman–Crippen LogP) is 2.44. The summed E-state index contributed by atoms with van der Waals surface area (Å²) in [6, 6.07) is 6.05. The van der Waals surface area contributed by atoms with Crippen molar-refractivity contribution in [2.75, 3.05) is 12.4 Å². The number of rotatable bonds is 1. The molecule has 1 aromatic carbocycles. The van der Waals surface area contributed by atoms with Crippen LogP contribution in [0.1, 0.15) is 26.3 Å². The van der Waals surface area contributed by atoms with Gasteiger partial charge in [-0.25, -0.2) is 0 Å². The van der Waals surface area contributed by atoms with E-state index in [1.807, 2.05) is 18.2 Å². The summed E-state index contributed by atoms with van der Waals surface area (Å²) in [4.78, 5) is 0. The second kappa shape index (κ2) is 4.22. The van der Waals surface area contributed by atoms with Crippen molar-refractivity contribution in [2.45, 2.75) is 39.3 Å². The van der Waals surface area contributed by atoms with Gasteiger partial charge in [0.15, 0.2) is 0 Å². The number of fused-ring (bicyclic) bond motifs is 1. The second-order valence-electron chi connectivity index (χ2n) is 5.78. The Kier molecular flexibility index (Phi) is 3.04. The van der Waals surface area contributed by atoms with E-state index >= 15 is 0 Å². The Morgan fingerprint density at radius 1 is 1.35 bits per heavy atom. The summed E-state index contributed by atoms with van der Waals surface area (Å²) in [5, 5.41) is 13.6. The number of methoxy groups -OCH3 is 1. The maximum Gasteiger partial charge on any atom is 0.119 e. The van der Waals surface area contributed by atoms with Crippen molar-refractivity contribution >= 4 is 5.69 Å². The van der Waals surface area contributed by atoms with E-state index in [4.69, 9.17) is 4.74 Å². The number of anilines is 1. The quantitative estimate of drug-likeness (QED) is 0.785. The molecular weight excluding hydrogens is 214 g/mol. The van der Waals surface area contributed by atoms with E-state index < -0.39 is 0 Å². The van der Waals surface area contributed by atoms with Gasteiger partial charge in [0.25, 0.3) is 0 Å². The van der Waals surface area contributed by atoms with E-state index in [-0.39, 0.29) is 17.6 Å². The van der Waals surface area contributed by atoms with Crippen molar-refractivity contribution in [1.82, 2.24) is 0 Å². The third-order valence-electron chi connectivity index (χ3n) is 3.37. The molecule has 0 aliphatic carbocycles. The van der Waals surface area contributed by atoms with Crippen LogP contribution in [0.25, 0.3) is 0 Å². The molecule has 2 N–H and O–H groups in total. The number of ether oxygens (including phenoxy) is 1. The Labute approximate surface area is 103 Å². The lowest BCUT2D eigenvalue weighted by atomic mass is 9.79. The zero-order valence-electron chi connectivity index (χ0n) is 10.9. The van der Waals surface area contributed by atoms with Crippen LogP contribution in [0.2, 0.25) is 0 Å². The molecule has 1 aliphatic rings. The van der Waals surface area contributed by atoms with Crippen LogP contribution in [-0.4, -0.2) is 24.4 Å². The highest BCUT2D eigenvalue weighted by atomic mass is 16.5. The molecule has 1 heterocycles. The molecule has 0 saturated heterocycles. The second-order valence-corrected chi connectivity index (χ2v) is 5.78. The number of aliphatic hydroxyl groups excluding tert-OH is 1. The highest BCUT2D eigenvalue weighted by Gasteiger charge is 2.35. The van der Waals surface area contributed by atoms with Gasteiger partial charge in [0.05, 0.1) is 19.3 Å². The largest absolute Gasteiger partial charge is 0.497 e. The molecule has 94 valence electrons. The Hall–Kier alpha value is -1.22. The van der Waals surface area contributed by atoms with E-state index in [1.54, 1.807) is 7.11 Å². The Balaban J connectivity index is 2.30. The van der Waals surface area contributed by atoms with Crippen molar-refractivity contribution in [1.29, 1.82) is 0 Å². The first kappa shape index (κ1) is 12.2. The van der Waals surface area contributed by atoms with Crippen LogP contribution in [0.15, 0.2) is 18.2 Å². The average Bonchev–Trinajstić information content (AvgIpc) is 2.25. The third-order valence-corrected chi connectivity index (χ3v) is 3.37. The molecule has 2 unspecified atom stereocenters. The monoisotopic (exact) mass is 235 g/mol. The summed E-state index contributed by atoms with van der Waals surface area (Å²) in [6.07, 6.45) is 0.330. The maximum atomic E-state index is 10.2. The smallest absolute Gasteiger partial charge is 0.119 e. The molecule has 1 aromatic rings. The van der Waals surface area contributed by atoms with E-state index in [0.29, 0.717) is 6.42 Å². The lowest BCUT2D eigenvalue weighted by molar-refractivity contribution is 0.0986. The minimum absolute atomic E-state index is 0.0387. The van der Waals surface area contributed by atoms with Gasteiger partial charge in [-0.2, -0.15) is 0 Å². The van der Waals surface area contributed by atoms with Crippen LogP contribution in [-0.2, 0) is 6.42 Å². The summed E-state index contributed by atoms with van der Waals surface area (Å²) in [6.45, 7) is 6.42. The van der Waals surface area contributed by atoms with Gasteiger partial charge >= 0.3 is 0 Å². The summed E-state index contributed by atoms with van der Waals surface area (Å²) >= 11 is 0. The van der Waals surface area contributed by atoms with Crippen LogP contribution in [0.4, 0.5) is 5.69 Å². The first-order valence-corrected chi connectivity index (χ1v) is 6.03. The highest BCUT2D eigenvalue weighted by molar-refractivity contribution is 5.57. The fourth-order valence-electron chi connectivity index (χ4n) is 2.41. The summed E-state index contributed by atoms with van der Waals surface area (Å²) < 4.78 is 5.20. The van der Waals surface area contributed by atoms with Gasteiger partial charge in [-0.15, -0.1) is 0 Å². The first-order valence-electron chi connectivity index (χ1n) is 6.03. The van der Waals surface area contributed by atoms with Crippen molar-refractivity contribution < 1.29 is 9.84 Å². The van der Waals surface area contributed by atoms with Crippen LogP contribution in [0, 0.1) is 5.41 Å². The van der Waals surface area contributed by atoms with E-state index in [1.165, 1.54) is 0 Å². The molecule has 0 radical (unpaired) electrons. The van der Waals surface area contributed by atoms with Gasteiger partial charge < -0.3 is 15.2 Å². The zero-order valence-corrected chi connectivity index (χ0v) is 10.9. The molecular formula is C14H21NO2. The molecule has 3 nitrogen and oxygen atoms in total. The number of aliphatic hydroxyl groups is 1. The van der Waals surface area contributed by atoms with E-state index in [2.05, 4.69) is 26.1 Å². The van der Waals surface area contributed by atoms with Crippen LogP contribution in [0.3, 0.4) is 0 Å². The molecule has 0 bridgehead atoms. The standard InChI is InChI=1S/C14H21NO2/c1-14(2,3)13-12(16)8-9-7-10(17-4)5-6-11(9)15-13/h5-7,12-13,15-16H,8H2,1-4H3. The fourth-order valence-corrected chi connectivity index (χ4v) is 2.41. The zero-order chi connectivity index (χ0) is 12.6. The molecule has 0 aromatic heterocycles. The minimum Gasteiger partial charge on any atom is -0.497 e. The van der Waals surface area contributed by atoms with Gasteiger partial charge in [-0.1, -0.05) is 20.8 Å². The number of hydrogen-bond donors (Lipinski definition) is 2. The summed E-state index contributed by atoms with van der Waals surface area (Å²) in [7, 11) is 1.66. The average molecular weight is 235 g/mol. The first-order chi connectivity index (χ1) is 7.91. The Morgan fingerprint density at radius 3 is 2.65 bits per heavy atom. The van der Waals surface area contributed by atoms with Gasteiger partial charge in [0.2, 0.25) is 0 Å². The SMILES string of the molecule is COc1ccc2c(c1)CC(O)C(C(C)(C)C)N2. The van der Waals surface area contributed by atoms with Crippen LogP contribution in [0.5, 0.6) is 5.75 Å². The summed E-state index contributed by atoms with van der Waals surface area (Å²) in [5.74, 6) is 0.840. The molecule has 0 fully saturated rings. The Bertz CT molecular complexity index is 409. The van der Waals surface area contributed by atoms with Crippen molar-refractivity contribution in [3.05, 3.63) is 23.8 Å². The van der Waals surface area contributed by atoms with Crippen molar-refractivity contribution in [3.8, 4) is 5.75 Å². The lowest BCUT2D eigenvalue weighted by Crippen LogP contribution is -2.47. The fraction of sp³-hybridized carbons (Fsp3) is 0.571. The van der Waals surface area contributed by atoms with E-state index in [9.17, 15) is 5.11 Å². The van der Waals surface area contributed by atoms with Crippen LogP contribution < -0.4 is 10.1 Å². The Morgan fingerprint density at radius 2 is 2.06 bits per heavy atom. The van der Waals surface area contributed by atoms with Crippen LogP contribution >= 0.6 is 0 Å². The highest BCUT2D eigenvalue weighted by Crippen LogP contribution is 2.34. The van der Waals surface area contributed by atoms with Gasteiger partial charge in [0, 0.05) is 12.1 Å². The number of benzene rings is 1. The molecule has 0 saturated carbocycles. The lowest BCUT2D eigenvalue weighted by Gasteiger charge is -2.40. The maximum absolute atomic E-state index is 10.2. The molecule has 3 heteroatoms. The molecule has 17 heavy (non-hydrogen) atoms. The number of nitrogens with one attached hydrogen (secondary N) is 1. The molecule has 0 spiro atoms. The van der Waals surface area contributed by atoms with Crippen molar-refractivity contribution in [3.63, 3.8) is 0 Å². The predicted molar refractivity (Wildman–Crippen MR) is 69.6 cm³/mol. The number of hydrogen-bond acceptors (Lipinski definition) is 3.